The number of carbonyl (C=O) groups is 4. The summed E-state index contributed by atoms with van der Waals surface area (Å²) in [6.45, 7) is 0. The van der Waals surface area contributed by atoms with Gasteiger partial charge in [0.1, 0.15) is 0 Å². The lowest BCUT2D eigenvalue weighted by Gasteiger charge is -2.22. The van der Waals surface area contributed by atoms with Crippen LogP contribution in [0.5, 0.6) is 0 Å². The average molecular weight is 430 g/mol. The maximum Gasteiger partial charge on any atom is 0.471 e. The molecule has 0 saturated carbocycles. The first kappa shape index (κ1) is 24.2. The summed E-state index contributed by atoms with van der Waals surface area (Å²) < 4.78 is 72.2. The van der Waals surface area contributed by atoms with Crippen LogP contribution >= 0.6 is 21.6 Å². The molecule has 2 N–H and O–H groups in total. The topological polar surface area (TPSA) is 138 Å². The van der Waals surface area contributed by atoms with Gasteiger partial charge in [-0.05, 0) is 0 Å². The summed E-state index contributed by atoms with van der Waals surface area (Å²) in [7, 11) is 0.825. The van der Waals surface area contributed by atoms with Crippen molar-refractivity contribution >= 4 is 45.3 Å². The normalized spacial score (nSPS) is 14.2. The van der Waals surface area contributed by atoms with Crippen molar-refractivity contribution in [3.05, 3.63) is 0 Å². The van der Waals surface area contributed by atoms with Gasteiger partial charge in [-0.15, -0.1) is 0 Å². The number of amides is 2. The molecule has 8 nitrogen and oxygen atoms in total. The first-order valence-corrected chi connectivity index (χ1v) is 8.56. The van der Waals surface area contributed by atoms with E-state index >= 15 is 0 Å². The molecule has 0 fully saturated rings. The van der Waals surface area contributed by atoms with Crippen molar-refractivity contribution in [3.63, 3.8) is 0 Å². The maximum atomic E-state index is 12.0. The van der Waals surface area contributed by atoms with E-state index in [1.54, 1.807) is 0 Å². The SMILES string of the molecule is O=C([O-])[C@H](CSSC[C@H](NC(=O)C(F)(F)F)C(=O)[O-])NC(=O)C(F)(F)F. The van der Waals surface area contributed by atoms with E-state index < -0.39 is 59.7 Å². The summed E-state index contributed by atoms with van der Waals surface area (Å²) >= 11 is 0. The number of aliphatic carboxylic acids is 2. The summed E-state index contributed by atoms with van der Waals surface area (Å²) in [4.78, 5) is 42.6. The van der Waals surface area contributed by atoms with Crippen LogP contribution in [0, 0.1) is 0 Å². The minimum absolute atomic E-state index is 0.413. The van der Waals surface area contributed by atoms with E-state index in [4.69, 9.17) is 0 Å². The highest BCUT2D eigenvalue weighted by atomic mass is 33.1. The minimum Gasteiger partial charge on any atom is -0.548 e. The molecule has 0 aliphatic rings. The summed E-state index contributed by atoms with van der Waals surface area (Å²) in [5, 5.41) is 23.5. The van der Waals surface area contributed by atoms with Gasteiger partial charge in [0.25, 0.3) is 0 Å². The Hall–Kier alpha value is -1.84. The second kappa shape index (κ2) is 9.75. The predicted octanol–water partition coefficient (Wildman–Crippen LogP) is -2.04. The van der Waals surface area contributed by atoms with Gasteiger partial charge in [-0.25, -0.2) is 0 Å². The van der Waals surface area contributed by atoms with Crippen LogP contribution in [0.2, 0.25) is 0 Å². The Morgan fingerprint density at radius 1 is 0.731 bits per heavy atom. The largest absolute Gasteiger partial charge is 0.548 e. The monoisotopic (exact) mass is 430 g/mol. The van der Waals surface area contributed by atoms with Crippen molar-refractivity contribution in [1.82, 2.24) is 10.6 Å². The van der Waals surface area contributed by atoms with E-state index in [9.17, 15) is 55.7 Å². The number of rotatable bonds is 9. The van der Waals surface area contributed by atoms with Crippen LogP contribution < -0.4 is 20.8 Å². The Kier molecular flexibility index (Phi) is 9.06. The molecule has 0 aliphatic heterocycles. The van der Waals surface area contributed by atoms with Gasteiger partial charge in [-0.2, -0.15) is 26.3 Å². The van der Waals surface area contributed by atoms with Crippen LogP contribution in [-0.4, -0.2) is 59.7 Å². The predicted molar refractivity (Wildman–Crippen MR) is 70.9 cm³/mol. The van der Waals surface area contributed by atoms with Crippen LogP contribution in [0.15, 0.2) is 0 Å². The van der Waals surface area contributed by atoms with Gasteiger partial charge in [-0.1, -0.05) is 21.6 Å². The van der Waals surface area contributed by atoms with Crippen molar-refractivity contribution in [2.24, 2.45) is 0 Å². The third kappa shape index (κ3) is 9.02. The summed E-state index contributed by atoms with van der Waals surface area (Å²) in [6.07, 6.45) is -10.7. The third-order valence-corrected chi connectivity index (χ3v) is 4.67. The zero-order valence-electron chi connectivity index (χ0n) is 12.1. The molecule has 0 rings (SSSR count). The zero-order chi connectivity index (χ0) is 20.7. The van der Waals surface area contributed by atoms with E-state index in [2.05, 4.69) is 0 Å². The first-order chi connectivity index (χ1) is 11.7. The molecule has 0 aliphatic carbocycles. The number of carbonyl (C=O) groups excluding carboxylic acids is 4. The molecule has 150 valence electrons. The molecule has 26 heavy (non-hydrogen) atoms. The molecule has 0 unspecified atom stereocenters. The molecular weight excluding hydrogens is 422 g/mol. The van der Waals surface area contributed by atoms with Gasteiger partial charge >= 0.3 is 24.2 Å². The molecule has 0 spiro atoms. The number of alkyl halides is 6. The van der Waals surface area contributed by atoms with Gasteiger partial charge in [0.2, 0.25) is 0 Å². The number of nitrogens with one attached hydrogen (secondary N) is 2. The number of carboxylic acid groups (broad SMARTS) is 2. The number of hydrogen-bond acceptors (Lipinski definition) is 8. The quantitative estimate of drug-likeness (QED) is 0.243. The molecule has 0 aromatic heterocycles. The summed E-state index contributed by atoms with van der Waals surface area (Å²) in [5.74, 6) is -10.7. The first-order valence-electron chi connectivity index (χ1n) is 6.07. The van der Waals surface area contributed by atoms with E-state index in [1.165, 1.54) is 0 Å². The van der Waals surface area contributed by atoms with Crippen molar-refractivity contribution in [3.8, 4) is 0 Å². The van der Waals surface area contributed by atoms with E-state index in [1.807, 2.05) is 0 Å². The van der Waals surface area contributed by atoms with Gasteiger partial charge < -0.3 is 30.4 Å². The van der Waals surface area contributed by atoms with Crippen LogP contribution in [0.3, 0.4) is 0 Å². The lowest BCUT2D eigenvalue weighted by molar-refractivity contribution is -0.309. The molecule has 0 bridgehead atoms. The van der Waals surface area contributed by atoms with Crippen molar-refractivity contribution < 1.29 is 55.7 Å². The van der Waals surface area contributed by atoms with Gasteiger partial charge in [-0.3, -0.25) is 9.59 Å². The molecule has 2 atom stereocenters. The van der Waals surface area contributed by atoms with Gasteiger partial charge in [0.15, 0.2) is 0 Å². The smallest absolute Gasteiger partial charge is 0.471 e. The highest BCUT2D eigenvalue weighted by Gasteiger charge is 2.40. The second-order valence-electron chi connectivity index (χ2n) is 4.25. The molecule has 16 heteroatoms. The van der Waals surface area contributed by atoms with Crippen molar-refractivity contribution in [1.29, 1.82) is 0 Å². The van der Waals surface area contributed by atoms with Crippen LogP contribution in [-0.2, 0) is 19.2 Å². The van der Waals surface area contributed by atoms with E-state index in [-0.39, 0.29) is 0 Å². The molecule has 0 aromatic rings. The minimum atomic E-state index is -5.35. The van der Waals surface area contributed by atoms with E-state index in [0.717, 1.165) is 10.6 Å². The molecule has 0 heterocycles. The summed E-state index contributed by atoms with van der Waals surface area (Å²) in [5.41, 5.74) is 0. The molecule has 0 radical (unpaired) electrons. The zero-order valence-corrected chi connectivity index (χ0v) is 13.7. The number of carboxylic acids is 2. The Bertz CT molecular complexity index is 507. The lowest BCUT2D eigenvalue weighted by Crippen LogP contribution is -2.53. The third-order valence-electron chi connectivity index (χ3n) is 2.25. The van der Waals surface area contributed by atoms with E-state index in [0.29, 0.717) is 21.6 Å². The number of halogens is 6. The lowest BCUT2D eigenvalue weighted by atomic mass is 10.3. The fourth-order valence-corrected chi connectivity index (χ4v) is 3.35. The number of hydrogen-bond donors (Lipinski definition) is 2. The fourth-order valence-electron chi connectivity index (χ4n) is 1.05. The Balaban J connectivity index is 4.57. The van der Waals surface area contributed by atoms with Crippen LogP contribution in [0.4, 0.5) is 26.3 Å². The molecule has 0 aromatic carbocycles. The van der Waals surface area contributed by atoms with Gasteiger partial charge in [0.05, 0.1) is 24.0 Å². The highest BCUT2D eigenvalue weighted by molar-refractivity contribution is 8.76. The molecule has 0 saturated heterocycles. The second-order valence-corrected chi connectivity index (χ2v) is 6.81. The van der Waals surface area contributed by atoms with Crippen LogP contribution in [0.25, 0.3) is 0 Å². The maximum absolute atomic E-state index is 12.0. The molecule has 2 amide bonds. The molecular formula is C10H8F6N2O6S2-2. The highest BCUT2D eigenvalue weighted by Crippen LogP contribution is 2.24. The average Bonchev–Trinajstić information content (AvgIpc) is 2.45. The van der Waals surface area contributed by atoms with Crippen molar-refractivity contribution in [2.45, 2.75) is 24.4 Å². The standard InChI is InChI=1S/C10H10F6N2O6S2/c11-9(12,13)7(23)17-3(5(19)20)1-25-26-2-4(6(21)22)18-8(24)10(14,15)16/h3-4H,1-2H2,(H,17,23)(H,18,24)(H,19,20)(H,21,22)/p-2/t3-,4-/m0/s1. The fraction of sp³-hybridized carbons (Fsp3) is 0.600. The Labute approximate surface area is 148 Å². The summed E-state index contributed by atoms with van der Waals surface area (Å²) in [6, 6.07) is -4.21. The van der Waals surface area contributed by atoms with Gasteiger partial charge in [0, 0.05) is 11.5 Å². The Morgan fingerprint density at radius 3 is 1.19 bits per heavy atom. The van der Waals surface area contributed by atoms with Crippen molar-refractivity contribution in [2.75, 3.05) is 11.5 Å². The Morgan fingerprint density at radius 2 is 1.00 bits per heavy atom. The van der Waals surface area contributed by atoms with Crippen LogP contribution in [0.1, 0.15) is 0 Å².